The fourth-order valence-corrected chi connectivity index (χ4v) is 2.57. The van der Waals surface area contributed by atoms with Gasteiger partial charge < -0.3 is 4.90 Å². The van der Waals surface area contributed by atoms with Gasteiger partial charge >= 0.3 is 0 Å². The number of carbonyl (C=O) groups is 1. The van der Waals surface area contributed by atoms with E-state index in [-0.39, 0.29) is 5.91 Å². The molecule has 1 aromatic carbocycles. The second-order valence-electron chi connectivity index (χ2n) is 5.76. The fourth-order valence-electron chi connectivity index (χ4n) is 2.57. The number of nitrogens with zero attached hydrogens (tertiary/aromatic N) is 1. The van der Waals surface area contributed by atoms with E-state index in [4.69, 9.17) is 0 Å². The van der Waals surface area contributed by atoms with Crippen molar-refractivity contribution in [1.29, 1.82) is 0 Å². The van der Waals surface area contributed by atoms with Gasteiger partial charge in [-0.15, -0.1) is 0 Å². The molecule has 0 fully saturated rings. The Kier molecular flexibility index (Phi) is 7.35. The first-order chi connectivity index (χ1) is 9.57. The molecule has 0 unspecified atom stereocenters. The maximum absolute atomic E-state index is 12.5. The zero-order valence-corrected chi connectivity index (χ0v) is 13.5. The number of aryl methyl sites for hydroxylation is 2. The summed E-state index contributed by atoms with van der Waals surface area (Å²) in [5, 5.41) is 0. The Morgan fingerprint density at radius 3 is 2.15 bits per heavy atom. The highest BCUT2D eigenvalue weighted by Crippen LogP contribution is 2.16. The van der Waals surface area contributed by atoms with Crippen LogP contribution >= 0.6 is 0 Å². The second kappa shape index (κ2) is 8.78. The maximum atomic E-state index is 12.5. The predicted molar refractivity (Wildman–Crippen MR) is 86.3 cm³/mol. The molecule has 0 aliphatic heterocycles. The van der Waals surface area contributed by atoms with Crippen LogP contribution in [0.2, 0.25) is 0 Å². The summed E-state index contributed by atoms with van der Waals surface area (Å²) in [6.07, 6.45) is 7.56. The number of hydrogen-bond donors (Lipinski definition) is 0. The molecule has 0 saturated carbocycles. The van der Waals surface area contributed by atoms with Gasteiger partial charge in [0.05, 0.1) is 0 Å². The van der Waals surface area contributed by atoms with E-state index >= 15 is 0 Å². The molecule has 2 heteroatoms. The van der Waals surface area contributed by atoms with Crippen molar-refractivity contribution >= 4 is 5.91 Å². The van der Waals surface area contributed by atoms with Crippen molar-refractivity contribution in [3.05, 3.63) is 34.9 Å². The normalized spacial score (nSPS) is 10.6. The third-order valence-corrected chi connectivity index (χ3v) is 3.89. The number of hydrogen-bond acceptors (Lipinski definition) is 1. The summed E-state index contributed by atoms with van der Waals surface area (Å²) < 4.78 is 0. The van der Waals surface area contributed by atoms with Gasteiger partial charge in [-0.1, -0.05) is 57.2 Å². The van der Waals surface area contributed by atoms with Crippen molar-refractivity contribution in [1.82, 2.24) is 4.90 Å². The molecule has 0 N–H and O–H groups in total. The molecule has 112 valence electrons. The van der Waals surface area contributed by atoms with Gasteiger partial charge in [0, 0.05) is 19.2 Å². The van der Waals surface area contributed by atoms with Crippen molar-refractivity contribution in [2.24, 2.45) is 0 Å². The molecule has 0 saturated heterocycles. The lowest BCUT2D eigenvalue weighted by molar-refractivity contribution is 0.0791. The van der Waals surface area contributed by atoms with Crippen LogP contribution in [0.15, 0.2) is 18.2 Å². The first-order valence-corrected chi connectivity index (χ1v) is 7.89. The van der Waals surface area contributed by atoms with Gasteiger partial charge in [0.25, 0.3) is 5.91 Å². The zero-order valence-electron chi connectivity index (χ0n) is 13.5. The van der Waals surface area contributed by atoms with E-state index in [1.165, 1.54) is 32.1 Å². The first-order valence-electron chi connectivity index (χ1n) is 7.89. The van der Waals surface area contributed by atoms with Crippen LogP contribution in [-0.4, -0.2) is 24.4 Å². The van der Waals surface area contributed by atoms with Gasteiger partial charge in [0.1, 0.15) is 0 Å². The maximum Gasteiger partial charge on any atom is 0.254 e. The Morgan fingerprint density at radius 2 is 1.55 bits per heavy atom. The van der Waals surface area contributed by atoms with Crippen LogP contribution in [0.5, 0.6) is 0 Å². The van der Waals surface area contributed by atoms with Crippen LogP contribution in [0.4, 0.5) is 0 Å². The minimum absolute atomic E-state index is 0.161. The fraction of sp³-hybridized carbons (Fsp3) is 0.611. The van der Waals surface area contributed by atoms with E-state index in [0.717, 1.165) is 29.7 Å². The lowest BCUT2D eigenvalue weighted by atomic mass is 10.0. The SMILES string of the molecule is CCCCCCCCN(C)C(=O)c1c(C)cccc1C. The molecule has 0 spiro atoms. The summed E-state index contributed by atoms with van der Waals surface area (Å²) >= 11 is 0. The summed E-state index contributed by atoms with van der Waals surface area (Å²) in [4.78, 5) is 14.3. The van der Waals surface area contributed by atoms with E-state index in [1.807, 2.05) is 44.0 Å². The number of carbonyl (C=O) groups excluding carboxylic acids is 1. The third kappa shape index (κ3) is 4.99. The average molecular weight is 275 g/mol. The molecule has 2 nitrogen and oxygen atoms in total. The quantitative estimate of drug-likeness (QED) is 0.628. The zero-order chi connectivity index (χ0) is 15.0. The molecule has 1 amide bonds. The number of benzene rings is 1. The minimum Gasteiger partial charge on any atom is -0.342 e. The first kappa shape index (κ1) is 16.7. The standard InChI is InChI=1S/C18H29NO/c1-5-6-7-8-9-10-14-19(4)18(20)17-15(2)12-11-13-16(17)3/h11-13H,5-10,14H2,1-4H3. The molecule has 1 rings (SSSR count). The molecule has 0 radical (unpaired) electrons. The molecule has 0 aliphatic carbocycles. The lowest BCUT2D eigenvalue weighted by Crippen LogP contribution is -2.29. The highest BCUT2D eigenvalue weighted by molar-refractivity contribution is 5.96. The monoisotopic (exact) mass is 275 g/mol. The van der Waals surface area contributed by atoms with Crippen molar-refractivity contribution in [3.8, 4) is 0 Å². The molecular weight excluding hydrogens is 246 g/mol. The molecule has 0 aliphatic rings. The third-order valence-electron chi connectivity index (χ3n) is 3.89. The van der Waals surface area contributed by atoms with Gasteiger partial charge in [-0.3, -0.25) is 4.79 Å². The second-order valence-corrected chi connectivity index (χ2v) is 5.76. The Morgan fingerprint density at radius 1 is 1.00 bits per heavy atom. The van der Waals surface area contributed by atoms with E-state index < -0.39 is 0 Å². The van der Waals surface area contributed by atoms with Gasteiger partial charge in [-0.25, -0.2) is 0 Å². The van der Waals surface area contributed by atoms with E-state index in [0.29, 0.717) is 0 Å². The minimum atomic E-state index is 0.161. The Bertz CT molecular complexity index is 405. The van der Waals surface area contributed by atoms with Crippen LogP contribution in [0.25, 0.3) is 0 Å². The average Bonchev–Trinajstić information content (AvgIpc) is 2.42. The van der Waals surface area contributed by atoms with Crippen LogP contribution < -0.4 is 0 Å². The summed E-state index contributed by atoms with van der Waals surface area (Å²) in [6, 6.07) is 6.03. The molecule has 0 aromatic heterocycles. The van der Waals surface area contributed by atoms with Crippen LogP contribution in [0.3, 0.4) is 0 Å². The summed E-state index contributed by atoms with van der Waals surface area (Å²) in [6.45, 7) is 7.12. The van der Waals surface area contributed by atoms with E-state index in [9.17, 15) is 4.79 Å². The summed E-state index contributed by atoms with van der Waals surface area (Å²) in [7, 11) is 1.92. The van der Waals surface area contributed by atoms with Crippen LogP contribution in [-0.2, 0) is 0 Å². The number of unbranched alkanes of at least 4 members (excludes halogenated alkanes) is 5. The molecule has 20 heavy (non-hydrogen) atoms. The highest BCUT2D eigenvalue weighted by atomic mass is 16.2. The Labute approximate surface area is 124 Å². The number of rotatable bonds is 8. The topological polar surface area (TPSA) is 20.3 Å². The van der Waals surface area contributed by atoms with Gasteiger partial charge in [0.2, 0.25) is 0 Å². The Balaban J connectivity index is 2.43. The molecular formula is C18H29NO. The lowest BCUT2D eigenvalue weighted by Gasteiger charge is -2.19. The van der Waals surface area contributed by atoms with Gasteiger partial charge in [-0.05, 0) is 31.4 Å². The molecule has 0 atom stereocenters. The largest absolute Gasteiger partial charge is 0.342 e. The van der Waals surface area contributed by atoms with Crippen molar-refractivity contribution in [3.63, 3.8) is 0 Å². The Hall–Kier alpha value is -1.31. The molecule has 1 aromatic rings. The molecule has 0 heterocycles. The van der Waals surface area contributed by atoms with E-state index in [2.05, 4.69) is 6.92 Å². The van der Waals surface area contributed by atoms with Crippen molar-refractivity contribution in [2.75, 3.05) is 13.6 Å². The number of amides is 1. The van der Waals surface area contributed by atoms with Gasteiger partial charge in [-0.2, -0.15) is 0 Å². The molecule has 0 bridgehead atoms. The predicted octanol–water partition coefficient (Wildman–Crippen LogP) is 4.74. The van der Waals surface area contributed by atoms with Crippen LogP contribution in [0, 0.1) is 13.8 Å². The van der Waals surface area contributed by atoms with Crippen molar-refractivity contribution < 1.29 is 4.79 Å². The van der Waals surface area contributed by atoms with Crippen molar-refractivity contribution in [2.45, 2.75) is 59.3 Å². The summed E-state index contributed by atoms with van der Waals surface area (Å²) in [5.41, 5.74) is 3.02. The summed E-state index contributed by atoms with van der Waals surface area (Å²) in [5.74, 6) is 0.161. The smallest absolute Gasteiger partial charge is 0.254 e. The van der Waals surface area contributed by atoms with Gasteiger partial charge in [0.15, 0.2) is 0 Å². The highest BCUT2D eigenvalue weighted by Gasteiger charge is 2.15. The van der Waals surface area contributed by atoms with E-state index in [1.54, 1.807) is 0 Å². The van der Waals surface area contributed by atoms with Crippen LogP contribution in [0.1, 0.15) is 66.9 Å².